The van der Waals surface area contributed by atoms with Crippen LogP contribution in [-0.2, 0) is 13.1 Å². The zero-order valence-corrected chi connectivity index (χ0v) is 16.8. The van der Waals surface area contributed by atoms with Crippen molar-refractivity contribution in [2.75, 3.05) is 7.05 Å². The number of nitrogens with one attached hydrogen (secondary N) is 1. The Kier molecular flexibility index (Phi) is 6.03. The van der Waals surface area contributed by atoms with Gasteiger partial charge >= 0.3 is 0 Å². The van der Waals surface area contributed by atoms with Gasteiger partial charge in [-0.25, -0.2) is 4.98 Å². The number of rotatable bonds is 7. The second kappa shape index (κ2) is 8.45. The lowest BCUT2D eigenvalue weighted by Crippen LogP contribution is -2.27. The number of aromatic nitrogens is 2. The summed E-state index contributed by atoms with van der Waals surface area (Å²) in [7, 11) is 2.00. The number of aryl methyl sites for hydroxylation is 2. The minimum Gasteiger partial charge on any atom is -0.359 e. The highest BCUT2D eigenvalue weighted by molar-refractivity contribution is 7.11. The fourth-order valence-corrected chi connectivity index (χ4v) is 3.91. The highest BCUT2D eigenvalue weighted by Gasteiger charge is 2.19. The quantitative estimate of drug-likeness (QED) is 0.669. The lowest BCUT2D eigenvalue weighted by molar-refractivity contribution is 0.0930. The van der Waals surface area contributed by atoms with E-state index < -0.39 is 0 Å². The maximum absolute atomic E-state index is 12.5. The first kappa shape index (κ1) is 19.3. The van der Waals surface area contributed by atoms with E-state index in [9.17, 15) is 4.79 Å². The number of carbonyl (C=O) groups excluding carboxylic acids is 1. The molecule has 27 heavy (non-hydrogen) atoms. The van der Waals surface area contributed by atoms with E-state index in [4.69, 9.17) is 4.52 Å². The summed E-state index contributed by atoms with van der Waals surface area (Å²) in [6.07, 6.45) is 0. The van der Waals surface area contributed by atoms with Crippen LogP contribution in [-0.4, -0.2) is 28.0 Å². The Morgan fingerprint density at radius 3 is 2.67 bits per heavy atom. The van der Waals surface area contributed by atoms with Gasteiger partial charge in [0.1, 0.15) is 0 Å². The Labute approximate surface area is 163 Å². The van der Waals surface area contributed by atoms with Crippen molar-refractivity contribution in [3.8, 4) is 0 Å². The van der Waals surface area contributed by atoms with Crippen molar-refractivity contribution < 1.29 is 9.32 Å². The molecule has 0 saturated carbocycles. The van der Waals surface area contributed by atoms with Crippen molar-refractivity contribution >= 4 is 17.2 Å². The SMILES string of the molecule is Cc1nc([C@@H](C)NC(=O)c2cc(CN(C)Cc3ccccc3)on2)c(C)s1. The Morgan fingerprint density at radius 2 is 2.00 bits per heavy atom. The van der Waals surface area contributed by atoms with Crippen molar-refractivity contribution in [1.29, 1.82) is 0 Å². The summed E-state index contributed by atoms with van der Waals surface area (Å²) in [5, 5.41) is 7.86. The molecule has 0 bridgehead atoms. The third kappa shape index (κ3) is 5.02. The average molecular weight is 385 g/mol. The van der Waals surface area contributed by atoms with Gasteiger partial charge in [0.05, 0.1) is 23.3 Å². The molecule has 6 nitrogen and oxygen atoms in total. The predicted molar refractivity (Wildman–Crippen MR) is 106 cm³/mol. The van der Waals surface area contributed by atoms with Gasteiger partial charge in [-0.15, -0.1) is 11.3 Å². The molecule has 0 fully saturated rings. The minimum atomic E-state index is -0.256. The first-order valence-corrected chi connectivity index (χ1v) is 9.67. The second-order valence-corrected chi connectivity index (χ2v) is 8.11. The minimum absolute atomic E-state index is 0.177. The molecule has 0 aliphatic rings. The van der Waals surface area contributed by atoms with Crippen LogP contribution in [0.25, 0.3) is 0 Å². The summed E-state index contributed by atoms with van der Waals surface area (Å²) in [5.74, 6) is 0.403. The van der Waals surface area contributed by atoms with Crippen molar-refractivity contribution in [3.05, 3.63) is 69.0 Å². The monoisotopic (exact) mass is 384 g/mol. The van der Waals surface area contributed by atoms with Crippen LogP contribution in [0.1, 0.15) is 50.4 Å². The van der Waals surface area contributed by atoms with Gasteiger partial charge in [-0.3, -0.25) is 9.69 Å². The third-order valence-electron chi connectivity index (χ3n) is 4.21. The fourth-order valence-electron chi connectivity index (χ4n) is 3.00. The second-order valence-electron chi connectivity index (χ2n) is 6.71. The molecule has 0 aliphatic carbocycles. The molecule has 0 spiro atoms. The van der Waals surface area contributed by atoms with Gasteiger partial charge in [-0.1, -0.05) is 35.5 Å². The van der Waals surface area contributed by atoms with Gasteiger partial charge in [0.2, 0.25) is 0 Å². The first-order chi connectivity index (χ1) is 12.9. The summed E-state index contributed by atoms with van der Waals surface area (Å²) in [6, 6.07) is 11.7. The molecular formula is C20H24N4O2S. The Bertz CT molecular complexity index is 904. The lowest BCUT2D eigenvalue weighted by atomic mass is 10.2. The smallest absolute Gasteiger partial charge is 0.274 e. The zero-order chi connectivity index (χ0) is 19.4. The van der Waals surface area contributed by atoms with Crippen LogP contribution >= 0.6 is 11.3 Å². The van der Waals surface area contributed by atoms with E-state index in [1.54, 1.807) is 17.4 Å². The van der Waals surface area contributed by atoms with E-state index in [-0.39, 0.29) is 17.6 Å². The van der Waals surface area contributed by atoms with Crippen molar-refractivity contribution in [1.82, 2.24) is 20.4 Å². The molecule has 0 radical (unpaired) electrons. The number of amides is 1. The van der Waals surface area contributed by atoms with Crippen molar-refractivity contribution in [3.63, 3.8) is 0 Å². The number of benzene rings is 1. The average Bonchev–Trinajstić information content (AvgIpc) is 3.21. The Hall–Kier alpha value is -2.51. The number of hydrogen-bond donors (Lipinski definition) is 1. The molecule has 2 heterocycles. The molecule has 7 heteroatoms. The zero-order valence-electron chi connectivity index (χ0n) is 16.0. The highest BCUT2D eigenvalue weighted by Crippen LogP contribution is 2.22. The van der Waals surface area contributed by atoms with Crippen molar-refractivity contribution in [2.24, 2.45) is 0 Å². The third-order valence-corrected chi connectivity index (χ3v) is 5.11. The summed E-state index contributed by atoms with van der Waals surface area (Å²) in [6.45, 7) is 7.27. The van der Waals surface area contributed by atoms with E-state index >= 15 is 0 Å². The molecule has 0 unspecified atom stereocenters. The molecule has 1 atom stereocenters. The van der Waals surface area contributed by atoms with E-state index in [2.05, 4.69) is 32.5 Å². The number of thiazole rings is 1. The molecule has 3 aromatic rings. The van der Waals surface area contributed by atoms with Gasteiger partial charge in [0.15, 0.2) is 11.5 Å². The van der Waals surface area contributed by atoms with E-state index in [1.165, 1.54) is 5.56 Å². The van der Waals surface area contributed by atoms with Crippen molar-refractivity contribution in [2.45, 2.75) is 39.9 Å². The van der Waals surface area contributed by atoms with Crippen LogP contribution in [0.2, 0.25) is 0 Å². The van der Waals surface area contributed by atoms with Gasteiger partial charge in [0.25, 0.3) is 5.91 Å². The van der Waals surface area contributed by atoms with Crippen LogP contribution in [0.5, 0.6) is 0 Å². The normalized spacial score (nSPS) is 12.3. The standard InChI is InChI=1S/C20H24N4O2S/c1-13(19-14(2)27-15(3)22-19)21-20(25)18-10-17(26-23-18)12-24(4)11-16-8-6-5-7-9-16/h5-10,13H,11-12H2,1-4H3,(H,21,25)/t13-/m1/s1. The number of hydrogen-bond acceptors (Lipinski definition) is 6. The summed E-state index contributed by atoms with van der Waals surface area (Å²) in [5.41, 5.74) is 2.41. The molecule has 1 aromatic carbocycles. The Balaban J connectivity index is 1.58. The summed E-state index contributed by atoms with van der Waals surface area (Å²) < 4.78 is 5.34. The predicted octanol–water partition coefficient (Wildman–Crippen LogP) is 3.87. The highest BCUT2D eigenvalue weighted by atomic mass is 32.1. The molecule has 3 rings (SSSR count). The lowest BCUT2D eigenvalue weighted by Gasteiger charge is -2.14. The van der Waals surface area contributed by atoms with Gasteiger partial charge in [-0.05, 0) is 33.4 Å². The summed E-state index contributed by atoms with van der Waals surface area (Å²) >= 11 is 1.63. The van der Waals surface area contributed by atoms with E-state index in [1.807, 2.05) is 46.0 Å². The number of carbonyl (C=O) groups is 1. The van der Waals surface area contributed by atoms with E-state index in [0.29, 0.717) is 12.3 Å². The largest absolute Gasteiger partial charge is 0.359 e. The van der Waals surface area contributed by atoms with Crippen LogP contribution in [0.4, 0.5) is 0 Å². The molecule has 142 valence electrons. The first-order valence-electron chi connectivity index (χ1n) is 8.85. The van der Waals surface area contributed by atoms with Crippen LogP contribution in [0.3, 0.4) is 0 Å². The molecule has 0 saturated heterocycles. The van der Waals surface area contributed by atoms with Gasteiger partial charge in [0, 0.05) is 17.5 Å². The molecule has 1 N–H and O–H groups in total. The van der Waals surface area contributed by atoms with Gasteiger partial charge in [-0.2, -0.15) is 0 Å². The fraction of sp³-hybridized carbons (Fsp3) is 0.350. The number of nitrogens with zero attached hydrogens (tertiary/aromatic N) is 3. The summed E-state index contributed by atoms with van der Waals surface area (Å²) in [4.78, 5) is 20.2. The molecular weight excluding hydrogens is 360 g/mol. The molecule has 1 amide bonds. The molecule has 2 aromatic heterocycles. The van der Waals surface area contributed by atoms with Gasteiger partial charge < -0.3 is 9.84 Å². The topological polar surface area (TPSA) is 71.3 Å². The Morgan fingerprint density at radius 1 is 1.26 bits per heavy atom. The maximum atomic E-state index is 12.5. The van der Waals surface area contributed by atoms with Crippen LogP contribution < -0.4 is 5.32 Å². The van der Waals surface area contributed by atoms with Crippen LogP contribution in [0.15, 0.2) is 40.9 Å². The maximum Gasteiger partial charge on any atom is 0.274 e. The van der Waals surface area contributed by atoms with E-state index in [0.717, 1.165) is 22.1 Å². The molecule has 0 aliphatic heterocycles. The van der Waals surface area contributed by atoms with Crippen LogP contribution in [0, 0.1) is 13.8 Å².